The minimum atomic E-state index is -0.683. The van der Waals surface area contributed by atoms with Crippen molar-refractivity contribution >= 4 is 12.4 Å². The average Bonchev–Trinajstić information content (AvgIpc) is 3.12. The van der Waals surface area contributed by atoms with E-state index < -0.39 is 11.9 Å². The number of aldehydes is 1. The fourth-order valence-electron chi connectivity index (χ4n) is 3.64. The van der Waals surface area contributed by atoms with E-state index in [0.717, 1.165) is 17.3 Å². The number of aromatic nitrogens is 1. The summed E-state index contributed by atoms with van der Waals surface area (Å²) in [6.45, 7) is 0.547. The maximum atomic E-state index is 13.2. The van der Waals surface area contributed by atoms with Crippen LogP contribution in [0.15, 0.2) is 60.8 Å². The summed E-state index contributed by atoms with van der Waals surface area (Å²) in [5, 5.41) is 2.67. The number of halogens is 1. The minimum Gasteiger partial charge on any atom is -0.449 e. The summed E-state index contributed by atoms with van der Waals surface area (Å²) < 4.78 is 18.7. The van der Waals surface area contributed by atoms with E-state index >= 15 is 0 Å². The van der Waals surface area contributed by atoms with Crippen molar-refractivity contribution in [2.24, 2.45) is 0 Å². The van der Waals surface area contributed by atoms with E-state index in [2.05, 4.69) is 46.4 Å². The number of nitrogens with zero attached hydrogens (tertiary/aromatic N) is 1. The van der Waals surface area contributed by atoms with Crippen LogP contribution in [0.4, 0.5) is 9.18 Å². The lowest BCUT2D eigenvalue weighted by Gasteiger charge is -2.14. The normalized spacial score (nSPS) is 11.6. The molecule has 5 nitrogen and oxygen atoms in total. The number of amides is 1. The van der Waals surface area contributed by atoms with Gasteiger partial charge in [-0.15, -0.1) is 0 Å². The van der Waals surface area contributed by atoms with Crippen molar-refractivity contribution in [2.45, 2.75) is 12.3 Å². The van der Waals surface area contributed by atoms with E-state index in [-0.39, 0.29) is 18.1 Å². The molecule has 31 heavy (non-hydrogen) atoms. The summed E-state index contributed by atoms with van der Waals surface area (Å²) in [4.78, 5) is 26.7. The van der Waals surface area contributed by atoms with Crippen LogP contribution in [0.5, 0.6) is 0 Å². The Morgan fingerprint density at radius 2 is 1.81 bits per heavy atom. The monoisotopic (exact) mass is 414 g/mol. The zero-order chi connectivity index (χ0) is 21.6. The van der Waals surface area contributed by atoms with Crippen LogP contribution in [-0.4, -0.2) is 30.5 Å². The molecule has 0 spiro atoms. The van der Waals surface area contributed by atoms with Gasteiger partial charge in [0.25, 0.3) is 0 Å². The Morgan fingerprint density at radius 3 is 2.48 bits per heavy atom. The molecule has 0 unspecified atom stereocenters. The number of nitrogens with one attached hydrogen (secondary N) is 1. The van der Waals surface area contributed by atoms with E-state index in [0.29, 0.717) is 24.9 Å². The van der Waals surface area contributed by atoms with Gasteiger partial charge in [-0.1, -0.05) is 54.5 Å². The summed E-state index contributed by atoms with van der Waals surface area (Å²) in [5.74, 6) is 4.90. The van der Waals surface area contributed by atoms with Crippen LogP contribution in [-0.2, 0) is 4.74 Å². The average molecular weight is 414 g/mol. The summed E-state index contributed by atoms with van der Waals surface area (Å²) in [5.41, 5.74) is 4.87. The number of benzene rings is 2. The van der Waals surface area contributed by atoms with Crippen molar-refractivity contribution in [2.75, 3.05) is 13.2 Å². The van der Waals surface area contributed by atoms with Gasteiger partial charge in [0.2, 0.25) is 0 Å². The molecule has 1 aliphatic rings. The fourth-order valence-corrected chi connectivity index (χ4v) is 3.64. The van der Waals surface area contributed by atoms with Gasteiger partial charge in [-0.2, -0.15) is 0 Å². The molecule has 0 aliphatic heterocycles. The van der Waals surface area contributed by atoms with Gasteiger partial charge in [-0.25, -0.2) is 14.2 Å². The third kappa shape index (κ3) is 4.46. The van der Waals surface area contributed by atoms with Gasteiger partial charge in [0, 0.05) is 18.9 Å². The molecule has 1 amide bonds. The lowest BCUT2D eigenvalue weighted by molar-refractivity contribution is 0.111. The van der Waals surface area contributed by atoms with E-state index in [1.54, 1.807) is 0 Å². The number of alkyl carbamates (subject to hydrolysis) is 1. The molecule has 1 N–H and O–H groups in total. The Labute approximate surface area is 179 Å². The molecular weight excluding hydrogens is 395 g/mol. The highest BCUT2D eigenvalue weighted by molar-refractivity contribution is 5.79. The summed E-state index contributed by atoms with van der Waals surface area (Å²) in [6.07, 6.45) is 1.23. The molecule has 1 aliphatic carbocycles. The fraction of sp³-hybridized carbons (Fsp3) is 0.160. The first kappa shape index (κ1) is 20.3. The first-order valence-corrected chi connectivity index (χ1v) is 9.86. The first-order valence-electron chi connectivity index (χ1n) is 9.86. The highest BCUT2D eigenvalue weighted by atomic mass is 19.1. The molecule has 0 atom stereocenters. The number of hydrogen-bond acceptors (Lipinski definition) is 4. The largest absolute Gasteiger partial charge is 0.449 e. The van der Waals surface area contributed by atoms with E-state index in [4.69, 9.17) is 4.74 Å². The molecule has 2 aromatic carbocycles. The topological polar surface area (TPSA) is 68.3 Å². The van der Waals surface area contributed by atoms with Crippen molar-refractivity contribution < 1.29 is 18.7 Å². The van der Waals surface area contributed by atoms with Crippen LogP contribution in [0.1, 0.15) is 39.5 Å². The van der Waals surface area contributed by atoms with Gasteiger partial charge in [0.05, 0.1) is 11.8 Å². The Bertz CT molecular complexity index is 1150. The van der Waals surface area contributed by atoms with Gasteiger partial charge in [0.15, 0.2) is 12.1 Å². The molecule has 4 rings (SSSR count). The molecule has 0 fully saturated rings. The maximum Gasteiger partial charge on any atom is 0.407 e. The molecule has 0 radical (unpaired) electrons. The van der Waals surface area contributed by atoms with Gasteiger partial charge < -0.3 is 10.1 Å². The number of hydrogen-bond donors (Lipinski definition) is 1. The standard InChI is InChI=1S/C25H19FN2O3/c26-24-14-28-18(13-17(24)15-29)7-5-6-12-27-25(30)31-16-23-21-10-3-1-8-19(21)20-9-2-4-11-22(20)23/h1-4,8-11,13-15,23H,6,12,16H2,(H,27,30). The van der Waals surface area contributed by atoms with E-state index in [1.807, 2.05) is 24.3 Å². The quantitative estimate of drug-likeness (QED) is 0.384. The number of carbonyl (C=O) groups is 2. The zero-order valence-electron chi connectivity index (χ0n) is 16.6. The summed E-state index contributed by atoms with van der Waals surface area (Å²) in [6, 6.07) is 17.6. The lowest BCUT2D eigenvalue weighted by atomic mass is 9.98. The summed E-state index contributed by atoms with van der Waals surface area (Å²) in [7, 11) is 0. The molecule has 6 heteroatoms. The summed E-state index contributed by atoms with van der Waals surface area (Å²) >= 11 is 0. The third-order valence-electron chi connectivity index (χ3n) is 5.09. The predicted octanol–water partition coefficient (Wildman–Crippen LogP) is 4.31. The smallest absolute Gasteiger partial charge is 0.407 e. The van der Waals surface area contributed by atoms with Crippen molar-refractivity contribution in [1.29, 1.82) is 0 Å². The Hall–Kier alpha value is -3.98. The van der Waals surface area contributed by atoms with Crippen molar-refractivity contribution in [3.8, 4) is 23.0 Å². The maximum absolute atomic E-state index is 13.2. The first-order chi connectivity index (χ1) is 15.2. The number of ether oxygens (including phenoxy) is 1. The van der Waals surface area contributed by atoms with Crippen molar-refractivity contribution in [1.82, 2.24) is 10.3 Å². The molecule has 0 saturated carbocycles. The predicted molar refractivity (Wildman–Crippen MR) is 114 cm³/mol. The van der Waals surface area contributed by atoms with Gasteiger partial charge in [0.1, 0.15) is 12.3 Å². The second-order valence-electron chi connectivity index (χ2n) is 7.01. The highest BCUT2D eigenvalue weighted by Gasteiger charge is 2.28. The Morgan fingerprint density at radius 1 is 1.13 bits per heavy atom. The molecule has 3 aromatic rings. The van der Waals surface area contributed by atoms with Crippen LogP contribution >= 0.6 is 0 Å². The van der Waals surface area contributed by atoms with E-state index in [9.17, 15) is 14.0 Å². The third-order valence-corrected chi connectivity index (χ3v) is 5.09. The lowest BCUT2D eigenvalue weighted by Crippen LogP contribution is -2.26. The SMILES string of the molecule is O=Cc1cc(C#CCCNC(=O)OCC2c3ccccc3-c3ccccc32)ncc1F. The Balaban J connectivity index is 1.29. The molecule has 154 valence electrons. The van der Waals surface area contributed by atoms with Crippen LogP contribution in [0.2, 0.25) is 0 Å². The van der Waals surface area contributed by atoms with Gasteiger partial charge in [-0.05, 0) is 34.2 Å². The van der Waals surface area contributed by atoms with Crippen LogP contribution in [0.25, 0.3) is 11.1 Å². The Kier molecular flexibility index (Phi) is 6.04. The van der Waals surface area contributed by atoms with E-state index in [1.165, 1.54) is 17.2 Å². The highest BCUT2D eigenvalue weighted by Crippen LogP contribution is 2.44. The van der Waals surface area contributed by atoms with Gasteiger partial charge >= 0.3 is 6.09 Å². The number of pyridine rings is 1. The number of carbonyl (C=O) groups excluding carboxylic acids is 2. The molecule has 1 heterocycles. The molecule has 1 aromatic heterocycles. The second-order valence-corrected chi connectivity index (χ2v) is 7.01. The van der Waals surface area contributed by atoms with Gasteiger partial charge in [-0.3, -0.25) is 4.79 Å². The number of rotatable bonds is 5. The second kappa shape index (κ2) is 9.23. The van der Waals surface area contributed by atoms with Crippen LogP contribution in [0.3, 0.4) is 0 Å². The molecule has 0 bridgehead atoms. The van der Waals surface area contributed by atoms with Crippen LogP contribution in [0, 0.1) is 17.7 Å². The van der Waals surface area contributed by atoms with Crippen molar-refractivity contribution in [3.63, 3.8) is 0 Å². The minimum absolute atomic E-state index is 0.00880. The number of fused-ring (bicyclic) bond motifs is 3. The van der Waals surface area contributed by atoms with Crippen molar-refractivity contribution in [3.05, 3.63) is 89.0 Å². The zero-order valence-corrected chi connectivity index (χ0v) is 16.6. The van der Waals surface area contributed by atoms with Crippen LogP contribution < -0.4 is 5.32 Å². The molecular formula is C25H19FN2O3. The molecule has 0 saturated heterocycles.